The molecule has 0 saturated carbocycles. The van der Waals surface area contributed by atoms with Crippen molar-refractivity contribution in [2.75, 3.05) is 40.9 Å². The van der Waals surface area contributed by atoms with E-state index in [1.165, 1.54) is 116 Å². The first-order chi connectivity index (χ1) is 37.0. The second-order valence-electron chi connectivity index (χ2n) is 21.3. The molecule has 0 spiro atoms. The molecule has 0 aromatic heterocycles. The Balaban J connectivity index is 4.16. The van der Waals surface area contributed by atoms with Crippen LogP contribution in [0.25, 0.3) is 0 Å². The van der Waals surface area contributed by atoms with E-state index in [4.69, 9.17) is 9.05 Å². The third kappa shape index (κ3) is 58.3. The molecule has 0 bridgehead atoms. The van der Waals surface area contributed by atoms with Crippen LogP contribution in [0.3, 0.4) is 0 Å². The summed E-state index contributed by atoms with van der Waals surface area (Å²) >= 11 is 0. The van der Waals surface area contributed by atoms with E-state index >= 15 is 0 Å². The van der Waals surface area contributed by atoms with Gasteiger partial charge in [-0.1, -0.05) is 250 Å². The zero-order valence-electron chi connectivity index (χ0n) is 49.4. The molecule has 0 saturated heterocycles. The van der Waals surface area contributed by atoms with Gasteiger partial charge in [0.15, 0.2) is 0 Å². The van der Waals surface area contributed by atoms with Crippen LogP contribution in [-0.4, -0.2) is 68.5 Å². The van der Waals surface area contributed by atoms with E-state index in [9.17, 15) is 19.4 Å². The van der Waals surface area contributed by atoms with Gasteiger partial charge in [0.2, 0.25) is 5.91 Å². The summed E-state index contributed by atoms with van der Waals surface area (Å²) in [6.07, 6.45) is 85.4. The first kappa shape index (κ1) is 72.6. The Morgan fingerprint density at radius 1 is 0.474 bits per heavy atom. The average molecular weight is 1080 g/mol. The zero-order valence-corrected chi connectivity index (χ0v) is 50.3. The molecule has 8 nitrogen and oxygen atoms in total. The standard InChI is InChI=1S/C67H115N2O6P/c1-6-8-10-12-14-16-18-20-22-24-25-26-27-28-29-30-31-32-33-34-35-36-37-38-39-40-41-42-43-45-47-49-51-53-55-57-59-61-67(71)68-65(64-75-76(72,73)74-63-62-69(3,4)5)66(70)60-58-56-54-52-50-48-46-44-23-21-19-17-15-13-11-9-7-2/h8,10,14,16,20,22-23,25-26,28-29,31-32,34-35,37-38,44,50,52,58,60,65-66,70H,6-7,9,11-13,15,17-19,21,24,27,30,33,36,39-43,45-49,51,53-57,59,61-64H2,1-5H3,(H-,68,71,72,73)/b10-8-,16-14-,22-20-,26-25-,29-28-,32-31-,35-34-,38-37-,44-23+,52-50+,60-58+. The lowest BCUT2D eigenvalue weighted by atomic mass is 10.0. The van der Waals surface area contributed by atoms with Crippen molar-refractivity contribution >= 4 is 13.7 Å². The summed E-state index contributed by atoms with van der Waals surface area (Å²) in [4.78, 5) is 25.5. The molecule has 0 rings (SSSR count). The minimum Gasteiger partial charge on any atom is -0.756 e. The van der Waals surface area contributed by atoms with Gasteiger partial charge < -0.3 is 28.8 Å². The van der Waals surface area contributed by atoms with Crippen LogP contribution >= 0.6 is 7.82 Å². The highest BCUT2D eigenvalue weighted by molar-refractivity contribution is 7.45. The van der Waals surface area contributed by atoms with E-state index in [1.54, 1.807) is 6.08 Å². The number of phosphoric ester groups is 1. The summed E-state index contributed by atoms with van der Waals surface area (Å²) in [7, 11) is 1.22. The molecule has 9 heteroatoms. The topological polar surface area (TPSA) is 108 Å². The molecule has 3 unspecified atom stereocenters. The molecule has 0 aliphatic carbocycles. The van der Waals surface area contributed by atoms with Gasteiger partial charge in [-0.3, -0.25) is 9.36 Å². The van der Waals surface area contributed by atoms with E-state index in [2.05, 4.69) is 141 Å². The molecule has 0 fully saturated rings. The van der Waals surface area contributed by atoms with Crippen molar-refractivity contribution in [3.8, 4) is 0 Å². The normalized spacial score (nSPS) is 14.8. The lowest BCUT2D eigenvalue weighted by molar-refractivity contribution is -0.870. The van der Waals surface area contributed by atoms with Crippen molar-refractivity contribution in [2.45, 2.75) is 244 Å². The van der Waals surface area contributed by atoms with Gasteiger partial charge >= 0.3 is 0 Å². The van der Waals surface area contributed by atoms with Crippen LogP contribution in [0.5, 0.6) is 0 Å². The van der Waals surface area contributed by atoms with Crippen LogP contribution in [-0.2, 0) is 18.4 Å². The molecule has 3 atom stereocenters. The second-order valence-corrected chi connectivity index (χ2v) is 22.7. The second kappa shape index (κ2) is 56.4. The molecule has 0 heterocycles. The van der Waals surface area contributed by atoms with Gasteiger partial charge in [0.25, 0.3) is 7.82 Å². The fraction of sp³-hybridized carbons (Fsp3) is 0.657. The van der Waals surface area contributed by atoms with Crippen LogP contribution in [0, 0.1) is 0 Å². The largest absolute Gasteiger partial charge is 0.756 e. The molecule has 0 aliphatic rings. The molecule has 0 aromatic rings. The number of hydrogen-bond acceptors (Lipinski definition) is 6. The van der Waals surface area contributed by atoms with Crippen molar-refractivity contribution in [3.63, 3.8) is 0 Å². The Morgan fingerprint density at radius 2 is 0.816 bits per heavy atom. The number of amides is 1. The summed E-state index contributed by atoms with van der Waals surface area (Å²) in [5.41, 5.74) is 0. The van der Waals surface area contributed by atoms with Crippen molar-refractivity contribution in [1.29, 1.82) is 0 Å². The van der Waals surface area contributed by atoms with Gasteiger partial charge in [-0.2, -0.15) is 0 Å². The summed E-state index contributed by atoms with van der Waals surface area (Å²) < 4.78 is 23.3. The van der Waals surface area contributed by atoms with Gasteiger partial charge in [0, 0.05) is 6.42 Å². The number of unbranched alkanes of at least 4 members (excludes halogenated alkanes) is 21. The smallest absolute Gasteiger partial charge is 0.268 e. The number of hydrogen-bond donors (Lipinski definition) is 2. The third-order valence-corrected chi connectivity index (χ3v) is 13.8. The van der Waals surface area contributed by atoms with Gasteiger partial charge in [0.05, 0.1) is 39.9 Å². The first-order valence-corrected chi connectivity index (χ1v) is 32.0. The van der Waals surface area contributed by atoms with E-state index < -0.39 is 26.6 Å². The lowest BCUT2D eigenvalue weighted by Crippen LogP contribution is -2.45. The monoisotopic (exact) mass is 1070 g/mol. The molecule has 0 aliphatic heterocycles. The van der Waals surface area contributed by atoms with E-state index in [-0.39, 0.29) is 12.5 Å². The van der Waals surface area contributed by atoms with E-state index in [0.29, 0.717) is 17.4 Å². The number of carbonyl (C=O) groups is 1. The van der Waals surface area contributed by atoms with Crippen LogP contribution in [0.2, 0.25) is 0 Å². The number of carbonyl (C=O) groups excluding carboxylic acids is 1. The third-order valence-electron chi connectivity index (χ3n) is 12.8. The lowest BCUT2D eigenvalue weighted by Gasteiger charge is -2.29. The van der Waals surface area contributed by atoms with Crippen molar-refractivity contribution in [1.82, 2.24) is 5.32 Å². The van der Waals surface area contributed by atoms with Crippen LogP contribution in [0.4, 0.5) is 0 Å². The van der Waals surface area contributed by atoms with E-state index in [0.717, 1.165) is 96.3 Å². The average Bonchev–Trinajstić information content (AvgIpc) is 3.38. The molecular weight excluding hydrogens is 960 g/mol. The number of quaternary nitrogens is 1. The number of aliphatic hydroxyl groups excluding tert-OH is 1. The molecule has 76 heavy (non-hydrogen) atoms. The fourth-order valence-corrected chi connectivity index (χ4v) is 8.81. The summed E-state index contributed by atoms with van der Waals surface area (Å²) in [6, 6.07) is -0.920. The van der Waals surface area contributed by atoms with Crippen molar-refractivity contribution in [3.05, 3.63) is 134 Å². The minimum atomic E-state index is -4.62. The molecule has 0 radical (unpaired) electrons. The number of likely N-dealkylation sites (N-methyl/N-ethyl adjacent to an activating group) is 1. The van der Waals surface area contributed by atoms with Crippen molar-refractivity contribution < 1.29 is 32.9 Å². The number of phosphoric acid groups is 1. The Morgan fingerprint density at radius 3 is 1.22 bits per heavy atom. The van der Waals surface area contributed by atoms with Gasteiger partial charge in [0.1, 0.15) is 13.2 Å². The number of nitrogens with one attached hydrogen (secondary N) is 1. The maximum absolute atomic E-state index is 13.0. The maximum atomic E-state index is 13.0. The molecule has 434 valence electrons. The van der Waals surface area contributed by atoms with Gasteiger partial charge in [-0.05, 0) is 109 Å². The van der Waals surface area contributed by atoms with Crippen LogP contribution < -0.4 is 10.2 Å². The number of rotatable bonds is 54. The highest BCUT2D eigenvalue weighted by Gasteiger charge is 2.23. The van der Waals surface area contributed by atoms with Crippen LogP contribution in [0.15, 0.2) is 134 Å². The zero-order chi connectivity index (χ0) is 55.6. The summed E-state index contributed by atoms with van der Waals surface area (Å²) in [5, 5.41) is 13.9. The Labute approximate surface area is 468 Å². The highest BCUT2D eigenvalue weighted by Crippen LogP contribution is 2.38. The predicted octanol–water partition coefficient (Wildman–Crippen LogP) is 18.5. The van der Waals surface area contributed by atoms with Gasteiger partial charge in [-0.15, -0.1) is 0 Å². The Bertz CT molecular complexity index is 1700. The fourth-order valence-electron chi connectivity index (χ4n) is 8.08. The number of allylic oxidation sites excluding steroid dienone is 21. The Kier molecular flexibility index (Phi) is 53.9. The van der Waals surface area contributed by atoms with Crippen LogP contribution in [0.1, 0.15) is 232 Å². The van der Waals surface area contributed by atoms with Gasteiger partial charge in [-0.25, -0.2) is 0 Å². The van der Waals surface area contributed by atoms with Crippen molar-refractivity contribution in [2.24, 2.45) is 0 Å². The molecule has 2 N–H and O–H groups in total. The maximum Gasteiger partial charge on any atom is 0.268 e. The number of nitrogens with zero attached hydrogens (tertiary/aromatic N) is 1. The summed E-state index contributed by atoms with van der Waals surface area (Å²) in [5.74, 6) is -0.219. The molecular formula is C67H115N2O6P. The number of aliphatic hydroxyl groups is 1. The first-order valence-electron chi connectivity index (χ1n) is 30.5. The Hall–Kier alpha value is -3.36. The minimum absolute atomic E-state index is 0.0152. The van der Waals surface area contributed by atoms with E-state index in [1.807, 2.05) is 27.2 Å². The SMILES string of the molecule is CC/C=C\C/C=C\C/C=C\C/C=C\C/C=C\C/C=C\C/C=C\C/C=C\CCCCCCCCCCCCCCC(=O)NC(COP(=O)([O-])OCC[N+](C)(C)C)C(O)/C=C/CC/C=C/CC/C=C/CCCCCCCCC. The quantitative estimate of drug-likeness (QED) is 0.0272. The molecule has 1 amide bonds. The molecule has 0 aromatic carbocycles. The predicted molar refractivity (Wildman–Crippen MR) is 329 cm³/mol. The highest BCUT2D eigenvalue weighted by atomic mass is 31.2. The summed E-state index contributed by atoms with van der Waals surface area (Å²) in [6.45, 7) is 4.49.